The van der Waals surface area contributed by atoms with E-state index < -0.39 is 0 Å². The van der Waals surface area contributed by atoms with Crippen LogP contribution in [0.2, 0.25) is 5.02 Å². The lowest BCUT2D eigenvalue weighted by Gasteiger charge is -2.25. The molecule has 1 rings (SSSR count). The van der Waals surface area contributed by atoms with Gasteiger partial charge in [0.2, 0.25) is 5.91 Å². The van der Waals surface area contributed by atoms with E-state index in [0.717, 1.165) is 24.9 Å². The van der Waals surface area contributed by atoms with Crippen LogP contribution < -0.4 is 5.73 Å². The standard InChI is InChI=1S/C16H25ClN2O2/c1-3-4-9-19(16(20)10-14(11-18)21-2)12-13-7-5-6-8-15(13)17/h5-8,14H,3-4,9-12,18H2,1-2H3. The van der Waals surface area contributed by atoms with E-state index in [1.54, 1.807) is 7.11 Å². The number of methoxy groups -OCH3 is 1. The maximum absolute atomic E-state index is 12.4. The summed E-state index contributed by atoms with van der Waals surface area (Å²) in [7, 11) is 1.58. The first kappa shape index (κ1) is 18.0. The number of benzene rings is 1. The van der Waals surface area contributed by atoms with Crippen molar-refractivity contribution in [3.8, 4) is 0 Å². The smallest absolute Gasteiger partial charge is 0.225 e. The van der Waals surface area contributed by atoms with E-state index in [9.17, 15) is 4.79 Å². The first-order valence-corrected chi connectivity index (χ1v) is 7.74. The van der Waals surface area contributed by atoms with Gasteiger partial charge in [0.1, 0.15) is 0 Å². The third-order valence-corrected chi connectivity index (χ3v) is 3.82. The molecule has 0 heterocycles. The number of nitrogens with zero attached hydrogens (tertiary/aromatic N) is 1. The predicted octanol–water partition coefficient (Wildman–Crippen LogP) is 2.83. The highest BCUT2D eigenvalue weighted by Crippen LogP contribution is 2.18. The van der Waals surface area contributed by atoms with Crippen molar-refractivity contribution in [1.82, 2.24) is 4.90 Å². The Hall–Kier alpha value is -1.10. The molecule has 1 aromatic carbocycles. The van der Waals surface area contributed by atoms with Gasteiger partial charge >= 0.3 is 0 Å². The van der Waals surface area contributed by atoms with Gasteiger partial charge in [0.05, 0.1) is 12.5 Å². The van der Waals surface area contributed by atoms with Crippen LogP contribution in [-0.2, 0) is 16.1 Å². The Morgan fingerprint density at radius 2 is 2.14 bits per heavy atom. The first-order valence-electron chi connectivity index (χ1n) is 7.36. The second-order valence-electron chi connectivity index (χ2n) is 5.06. The molecule has 0 aliphatic heterocycles. The summed E-state index contributed by atoms with van der Waals surface area (Å²) in [5, 5.41) is 0.689. The molecule has 1 amide bonds. The zero-order chi connectivity index (χ0) is 15.7. The maximum Gasteiger partial charge on any atom is 0.225 e. The van der Waals surface area contributed by atoms with Gasteiger partial charge < -0.3 is 15.4 Å². The van der Waals surface area contributed by atoms with Crippen molar-refractivity contribution >= 4 is 17.5 Å². The van der Waals surface area contributed by atoms with E-state index in [2.05, 4.69) is 6.92 Å². The van der Waals surface area contributed by atoms with Crippen LogP contribution in [0.5, 0.6) is 0 Å². The topological polar surface area (TPSA) is 55.6 Å². The molecule has 4 nitrogen and oxygen atoms in total. The van der Waals surface area contributed by atoms with E-state index in [4.69, 9.17) is 22.1 Å². The Balaban J connectivity index is 2.75. The minimum Gasteiger partial charge on any atom is -0.380 e. The van der Waals surface area contributed by atoms with Crippen molar-refractivity contribution in [2.75, 3.05) is 20.2 Å². The number of carbonyl (C=O) groups is 1. The van der Waals surface area contributed by atoms with Crippen molar-refractivity contribution in [3.05, 3.63) is 34.9 Å². The number of hydrogen-bond donors (Lipinski definition) is 1. The normalized spacial score (nSPS) is 12.2. The summed E-state index contributed by atoms with van der Waals surface area (Å²) < 4.78 is 5.20. The molecule has 5 heteroatoms. The highest BCUT2D eigenvalue weighted by atomic mass is 35.5. The summed E-state index contributed by atoms with van der Waals surface area (Å²) in [5.41, 5.74) is 6.55. The largest absolute Gasteiger partial charge is 0.380 e. The fraction of sp³-hybridized carbons (Fsp3) is 0.562. The summed E-state index contributed by atoms with van der Waals surface area (Å²) in [4.78, 5) is 14.3. The molecular weight excluding hydrogens is 288 g/mol. The van der Waals surface area contributed by atoms with Crippen molar-refractivity contribution in [2.45, 2.75) is 38.8 Å². The van der Waals surface area contributed by atoms with E-state index in [0.29, 0.717) is 24.5 Å². The van der Waals surface area contributed by atoms with Crippen LogP contribution in [0.25, 0.3) is 0 Å². The lowest BCUT2D eigenvalue weighted by atomic mass is 10.1. The van der Waals surface area contributed by atoms with Crippen LogP contribution >= 0.6 is 11.6 Å². The van der Waals surface area contributed by atoms with Gasteiger partial charge in [0, 0.05) is 31.8 Å². The van der Waals surface area contributed by atoms with Crippen LogP contribution in [-0.4, -0.2) is 37.1 Å². The summed E-state index contributed by atoms with van der Waals surface area (Å²) in [6.45, 7) is 3.70. The van der Waals surface area contributed by atoms with Gasteiger partial charge in [-0.2, -0.15) is 0 Å². The Labute approximate surface area is 132 Å². The van der Waals surface area contributed by atoms with Crippen LogP contribution in [0.15, 0.2) is 24.3 Å². The Bertz CT molecular complexity index is 436. The number of rotatable bonds is 9. The molecule has 0 spiro atoms. The highest BCUT2D eigenvalue weighted by molar-refractivity contribution is 6.31. The van der Waals surface area contributed by atoms with Crippen LogP contribution in [0.1, 0.15) is 31.7 Å². The van der Waals surface area contributed by atoms with Gasteiger partial charge in [-0.3, -0.25) is 4.79 Å². The molecule has 0 bridgehead atoms. The fourth-order valence-electron chi connectivity index (χ4n) is 2.06. The molecule has 0 aliphatic rings. The van der Waals surface area contributed by atoms with Crippen molar-refractivity contribution in [2.24, 2.45) is 5.73 Å². The van der Waals surface area contributed by atoms with Crippen molar-refractivity contribution in [3.63, 3.8) is 0 Å². The summed E-state index contributed by atoms with van der Waals surface area (Å²) in [6, 6.07) is 7.61. The molecule has 0 aliphatic carbocycles. The minimum absolute atomic E-state index is 0.0562. The number of unbranched alkanes of at least 4 members (excludes halogenated alkanes) is 1. The lowest BCUT2D eigenvalue weighted by molar-refractivity contribution is -0.134. The first-order chi connectivity index (χ1) is 10.1. The quantitative estimate of drug-likeness (QED) is 0.763. The van der Waals surface area contributed by atoms with Gasteiger partial charge in [-0.15, -0.1) is 0 Å². The SMILES string of the molecule is CCCCN(Cc1ccccc1Cl)C(=O)CC(CN)OC. The van der Waals surface area contributed by atoms with E-state index >= 15 is 0 Å². The number of hydrogen-bond acceptors (Lipinski definition) is 3. The molecular formula is C16H25ClN2O2. The second kappa shape index (κ2) is 9.77. The number of halogens is 1. The number of carbonyl (C=O) groups excluding carboxylic acids is 1. The molecule has 2 N–H and O–H groups in total. The third kappa shape index (κ3) is 6.04. The zero-order valence-corrected chi connectivity index (χ0v) is 13.6. The monoisotopic (exact) mass is 312 g/mol. The van der Waals surface area contributed by atoms with Gasteiger partial charge in [-0.1, -0.05) is 43.1 Å². The molecule has 0 radical (unpaired) electrons. The molecule has 21 heavy (non-hydrogen) atoms. The molecule has 1 unspecified atom stereocenters. The van der Waals surface area contributed by atoms with Gasteiger partial charge in [-0.25, -0.2) is 0 Å². The molecule has 0 fully saturated rings. The van der Waals surface area contributed by atoms with Crippen molar-refractivity contribution < 1.29 is 9.53 Å². The van der Waals surface area contributed by atoms with E-state index in [1.165, 1.54) is 0 Å². The molecule has 1 aromatic rings. The molecule has 0 saturated carbocycles. The van der Waals surface area contributed by atoms with Crippen LogP contribution in [0.3, 0.4) is 0 Å². The summed E-state index contributed by atoms with van der Waals surface area (Å²) in [6.07, 6.45) is 2.09. The Kier molecular flexibility index (Phi) is 8.35. The van der Waals surface area contributed by atoms with Gasteiger partial charge in [-0.05, 0) is 18.1 Å². The molecule has 0 aromatic heterocycles. The third-order valence-electron chi connectivity index (χ3n) is 3.45. The highest BCUT2D eigenvalue weighted by Gasteiger charge is 2.19. The summed E-state index contributed by atoms with van der Waals surface area (Å²) in [5.74, 6) is 0.0562. The predicted molar refractivity (Wildman–Crippen MR) is 86.2 cm³/mol. The molecule has 118 valence electrons. The van der Waals surface area contributed by atoms with Crippen LogP contribution in [0, 0.1) is 0 Å². The van der Waals surface area contributed by atoms with Gasteiger partial charge in [0.15, 0.2) is 0 Å². The van der Waals surface area contributed by atoms with E-state index in [1.807, 2.05) is 29.2 Å². The number of amides is 1. The van der Waals surface area contributed by atoms with Crippen LogP contribution in [0.4, 0.5) is 0 Å². The number of nitrogens with two attached hydrogens (primary N) is 1. The average Bonchev–Trinajstić information content (AvgIpc) is 2.50. The minimum atomic E-state index is -0.229. The van der Waals surface area contributed by atoms with Crippen molar-refractivity contribution in [1.29, 1.82) is 0 Å². The average molecular weight is 313 g/mol. The number of ether oxygens (including phenoxy) is 1. The lowest BCUT2D eigenvalue weighted by Crippen LogP contribution is -2.36. The van der Waals surface area contributed by atoms with E-state index in [-0.39, 0.29) is 12.0 Å². The second-order valence-corrected chi connectivity index (χ2v) is 5.46. The zero-order valence-electron chi connectivity index (χ0n) is 12.8. The Morgan fingerprint density at radius 3 is 2.71 bits per heavy atom. The van der Waals surface area contributed by atoms with Gasteiger partial charge in [0.25, 0.3) is 0 Å². The Morgan fingerprint density at radius 1 is 1.43 bits per heavy atom. The molecule has 1 atom stereocenters. The summed E-state index contributed by atoms with van der Waals surface area (Å²) >= 11 is 6.18. The molecule has 0 saturated heterocycles. The maximum atomic E-state index is 12.4. The fourth-order valence-corrected chi connectivity index (χ4v) is 2.26.